The number of carbonyl (C=O) groups is 1. The van der Waals surface area contributed by atoms with Gasteiger partial charge >= 0.3 is 11.7 Å². The number of nitrogens with one attached hydrogen (secondary N) is 2. The number of amides is 2. The van der Waals surface area contributed by atoms with Crippen molar-refractivity contribution in [3.8, 4) is 0 Å². The maximum absolute atomic E-state index is 12.5. The number of carbonyl (C=O) groups excluding carboxylic acids is 1. The highest BCUT2D eigenvalue weighted by molar-refractivity contribution is 5.89. The van der Waals surface area contributed by atoms with Crippen LogP contribution in [-0.2, 0) is 11.3 Å². The summed E-state index contributed by atoms with van der Waals surface area (Å²) in [6.45, 7) is 4.81. The summed E-state index contributed by atoms with van der Waals surface area (Å²) < 4.78 is 7.12. The van der Waals surface area contributed by atoms with Crippen molar-refractivity contribution in [3.63, 3.8) is 0 Å². The van der Waals surface area contributed by atoms with Gasteiger partial charge in [0.2, 0.25) is 0 Å². The summed E-state index contributed by atoms with van der Waals surface area (Å²) in [5, 5.41) is 5.97. The average Bonchev–Trinajstić information content (AvgIpc) is 3.45. The number of ether oxygens (including phenoxy) is 1. The summed E-state index contributed by atoms with van der Waals surface area (Å²) in [6.07, 6.45) is 6.69. The monoisotopic (exact) mass is 411 g/mol. The van der Waals surface area contributed by atoms with Gasteiger partial charge < -0.3 is 15.4 Å². The van der Waals surface area contributed by atoms with Crippen LogP contribution in [-0.4, -0.2) is 59.4 Å². The lowest BCUT2D eigenvalue weighted by molar-refractivity contribution is 0.135. The lowest BCUT2D eigenvalue weighted by Gasteiger charge is -2.32. The molecule has 0 spiro atoms. The van der Waals surface area contributed by atoms with Crippen LogP contribution in [0.4, 0.5) is 10.5 Å². The largest absolute Gasteiger partial charge is 0.381 e. The molecule has 0 saturated carbocycles. The first-order chi connectivity index (χ1) is 14.7. The minimum Gasteiger partial charge on any atom is -0.381 e. The first-order valence-corrected chi connectivity index (χ1v) is 10.7. The third kappa shape index (κ3) is 5.25. The van der Waals surface area contributed by atoms with E-state index in [0.29, 0.717) is 30.7 Å². The summed E-state index contributed by atoms with van der Waals surface area (Å²) in [5.41, 5.74) is 1.32. The number of hydrogen-bond donors (Lipinski definition) is 2. The van der Waals surface area contributed by atoms with Crippen LogP contribution in [0.3, 0.4) is 0 Å². The second kappa shape index (κ2) is 9.86. The fourth-order valence-corrected chi connectivity index (χ4v) is 4.35. The van der Waals surface area contributed by atoms with Gasteiger partial charge in [-0.15, -0.1) is 0 Å². The van der Waals surface area contributed by atoms with E-state index in [9.17, 15) is 9.59 Å². The first kappa shape index (κ1) is 20.6. The lowest BCUT2D eigenvalue weighted by Crippen LogP contribution is -2.48. The normalized spacial score (nSPS) is 20.2. The van der Waals surface area contributed by atoms with Gasteiger partial charge in [-0.25, -0.2) is 14.6 Å². The predicted octanol–water partition coefficient (Wildman–Crippen LogP) is 1.91. The molecular weight excluding hydrogens is 382 g/mol. The number of likely N-dealkylation sites (tertiary alicyclic amines) is 1. The first-order valence-electron chi connectivity index (χ1n) is 10.7. The van der Waals surface area contributed by atoms with Gasteiger partial charge in [-0.2, -0.15) is 0 Å². The number of benzene rings is 1. The highest BCUT2D eigenvalue weighted by Crippen LogP contribution is 2.24. The molecule has 30 heavy (non-hydrogen) atoms. The van der Waals surface area contributed by atoms with Gasteiger partial charge in [0.15, 0.2) is 0 Å². The van der Waals surface area contributed by atoms with Crippen LogP contribution in [0, 0.1) is 5.92 Å². The highest BCUT2D eigenvalue weighted by Gasteiger charge is 2.32. The summed E-state index contributed by atoms with van der Waals surface area (Å²) in [6, 6.07) is 9.35. The van der Waals surface area contributed by atoms with E-state index < -0.39 is 0 Å². The van der Waals surface area contributed by atoms with Gasteiger partial charge in [0.1, 0.15) is 0 Å². The zero-order valence-corrected chi connectivity index (χ0v) is 17.1. The maximum atomic E-state index is 12.5. The second-order valence-electron chi connectivity index (χ2n) is 8.00. The van der Waals surface area contributed by atoms with Crippen molar-refractivity contribution in [3.05, 3.63) is 58.8 Å². The van der Waals surface area contributed by atoms with Crippen LogP contribution >= 0.6 is 0 Å². The van der Waals surface area contributed by atoms with Crippen molar-refractivity contribution in [2.75, 3.05) is 38.2 Å². The summed E-state index contributed by atoms with van der Waals surface area (Å²) in [5.74, 6) is 0.476. The molecule has 2 aliphatic rings. The van der Waals surface area contributed by atoms with E-state index in [-0.39, 0.29) is 11.7 Å². The van der Waals surface area contributed by atoms with Gasteiger partial charge in [0.05, 0.1) is 13.2 Å². The summed E-state index contributed by atoms with van der Waals surface area (Å²) >= 11 is 0. The van der Waals surface area contributed by atoms with E-state index in [0.717, 1.165) is 38.3 Å². The standard InChI is InChI=1S/C22H29N5O3/c28-21(24-14-20(18-7-12-30-16-18)26-9-1-2-10-26)25-19-6-3-5-17(13-19)15-27-11-4-8-23-22(27)29/h3-6,8,11,13,18,20H,1-2,7,9-10,12,14-16H2,(H2,24,25,28)/t18-,20-/m1/s1. The van der Waals surface area contributed by atoms with Crippen LogP contribution in [0.5, 0.6) is 0 Å². The summed E-state index contributed by atoms with van der Waals surface area (Å²) in [7, 11) is 0. The highest BCUT2D eigenvalue weighted by atomic mass is 16.5. The van der Waals surface area contributed by atoms with Crippen LogP contribution < -0.4 is 16.3 Å². The molecule has 1 aromatic heterocycles. The number of anilines is 1. The number of rotatable bonds is 7. The molecule has 8 heteroatoms. The smallest absolute Gasteiger partial charge is 0.347 e. The molecule has 0 unspecified atom stereocenters. The molecule has 2 atom stereocenters. The quantitative estimate of drug-likeness (QED) is 0.727. The van der Waals surface area contributed by atoms with Gasteiger partial charge in [-0.3, -0.25) is 9.47 Å². The molecule has 2 aliphatic heterocycles. The Labute approximate surface area is 176 Å². The molecule has 2 aromatic rings. The Hall–Kier alpha value is -2.71. The average molecular weight is 412 g/mol. The van der Waals surface area contributed by atoms with Gasteiger partial charge in [-0.1, -0.05) is 12.1 Å². The van der Waals surface area contributed by atoms with E-state index in [1.54, 1.807) is 12.3 Å². The van der Waals surface area contributed by atoms with Crippen LogP contribution in [0.25, 0.3) is 0 Å². The SMILES string of the molecule is O=C(NC[C@H]([C@@H]1CCOC1)N1CCCC1)Nc1cccc(Cn2cccnc2=O)c1. The molecule has 4 rings (SSSR count). The minimum atomic E-state index is -0.294. The second-order valence-corrected chi connectivity index (χ2v) is 8.00. The molecular formula is C22H29N5O3. The van der Waals surface area contributed by atoms with Crippen molar-refractivity contribution in [1.29, 1.82) is 0 Å². The zero-order chi connectivity index (χ0) is 20.8. The Morgan fingerprint density at radius 2 is 2.13 bits per heavy atom. The van der Waals surface area contributed by atoms with Gasteiger partial charge in [0, 0.05) is 43.2 Å². The Morgan fingerprint density at radius 1 is 1.27 bits per heavy atom. The van der Waals surface area contributed by atoms with Gasteiger partial charge in [-0.05, 0) is 56.1 Å². The Balaban J connectivity index is 1.34. The topological polar surface area (TPSA) is 88.5 Å². The Morgan fingerprint density at radius 3 is 2.90 bits per heavy atom. The van der Waals surface area contributed by atoms with E-state index in [4.69, 9.17) is 4.74 Å². The minimum absolute atomic E-state index is 0.214. The van der Waals surface area contributed by atoms with E-state index in [2.05, 4.69) is 20.5 Å². The third-order valence-corrected chi connectivity index (χ3v) is 5.91. The fourth-order valence-electron chi connectivity index (χ4n) is 4.35. The molecule has 3 heterocycles. The van der Waals surface area contributed by atoms with E-state index in [1.165, 1.54) is 23.6 Å². The molecule has 0 radical (unpaired) electrons. The summed E-state index contributed by atoms with van der Waals surface area (Å²) in [4.78, 5) is 30.6. The van der Waals surface area contributed by atoms with Crippen molar-refractivity contribution in [1.82, 2.24) is 19.8 Å². The molecule has 0 aliphatic carbocycles. The van der Waals surface area contributed by atoms with Crippen LogP contribution in [0.2, 0.25) is 0 Å². The van der Waals surface area contributed by atoms with Crippen molar-refractivity contribution in [2.45, 2.75) is 31.8 Å². The van der Waals surface area contributed by atoms with E-state index >= 15 is 0 Å². The molecule has 2 amide bonds. The predicted molar refractivity (Wildman–Crippen MR) is 115 cm³/mol. The van der Waals surface area contributed by atoms with Crippen LogP contribution in [0.15, 0.2) is 47.5 Å². The molecule has 0 bridgehead atoms. The zero-order valence-electron chi connectivity index (χ0n) is 17.1. The van der Waals surface area contributed by atoms with Gasteiger partial charge in [0.25, 0.3) is 0 Å². The fraction of sp³-hybridized carbons (Fsp3) is 0.500. The molecule has 160 valence electrons. The third-order valence-electron chi connectivity index (χ3n) is 5.91. The van der Waals surface area contributed by atoms with Crippen molar-refractivity contribution < 1.29 is 9.53 Å². The molecule has 2 fully saturated rings. The number of nitrogens with zero attached hydrogens (tertiary/aromatic N) is 3. The molecule has 8 nitrogen and oxygen atoms in total. The molecule has 2 N–H and O–H groups in total. The lowest BCUT2D eigenvalue weighted by atomic mass is 9.97. The van der Waals surface area contributed by atoms with Crippen molar-refractivity contribution in [2.24, 2.45) is 5.92 Å². The number of urea groups is 1. The van der Waals surface area contributed by atoms with Crippen molar-refractivity contribution >= 4 is 11.7 Å². The number of hydrogen-bond acceptors (Lipinski definition) is 5. The van der Waals surface area contributed by atoms with E-state index in [1.807, 2.05) is 24.3 Å². The Kier molecular flexibility index (Phi) is 6.76. The molecule has 2 saturated heterocycles. The molecule has 1 aromatic carbocycles. The Bertz CT molecular complexity index is 887. The van der Waals surface area contributed by atoms with Crippen LogP contribution in [0.1, 0.15) is 24.8 Å². The maximum Gasteiger partial charge on any atom is 0.347 e. The number of aromatic nitrogens is 2.